The molecule has 0 radical (unpaired) electrons. The maximum Gasteiger partial charge on any atom is 0.371 e. The summed E-state index contributed by atoms with van der Waals surface area (Å²) < 4.78 is 5.51. The van der Waals surface area contributed by atoms with E-state index in [2.05, 4.69) is 36.2 Å². The number of carboxylic acids is 1. The molecule has 170 valence electrons. The van der Waals surface area contributed by atoms with Crippen molar-refractivity contribution in [2.45, 2.75) is 84.0 Å². The number of fused-ring (bicyclic) bond motifs is 3. The molecule has 32 heavy (non-hydrogen) atoms. The van der Waals surface area contributed by atoms with Crippen molar-refractivity contribution in [2.75, 3.05) is 0 Å². The third-order valence-electron chi connectivity index (χ3n) is 6.77. The third kappa shape index (κ3) is 4.85. The molecule has 2 aromatic rings. The van der Waals surface area contributed by atoms with Crippen LogP contribution in [0, 0.1) is 0 Å². The minimum Gasteiger partial charge on any atom is -0.475 e. The van der Waals surface area contributed by atoms with Crippen LogP contribution in [0.4, 0.5) is 0 Å². The fourth-order valence-corrected chi connectivity index (χ4v) is 5.05. The van der Waals surface area contributed by atoms with Crippen LogP contribution in [0.25, 0.3) is 17.2 Å². The number of furan rings is 1. The zero-order valence-electron chi connectivity index (χ0n) is 19.4. The molecule has 0 aliphatic heterocycles. The lowest BCUT2D eigenvalue weighted by Gasteiger charge is -2.19. The molecule has 2 heterocycles. The Hall–Kier alpha value is -2.75. The van der Waals surface area contributed by atoms with Gasteiger partial charge in [-0.25, -0.2) is 4.79 Å². The van der Waals surface area contributed by atoms with Crippen LogP contribution in [-0.2, 0) is 6.42 Å². The van der Waals surface area contributed by atoms with E-state index in [0.717, 1.165) is 24.0 Å². The van der Waals surface area contributed by atoms with Gasteiger partial charge < -0.3 is 14.5 Å². The highest BCUT2D eigenvalue weighted by Gasteiger charge is 2.22. The molecule has 0 aromatic carbocycles. The molecule has 0 saturated carbocycles. The number of allylic oxidation sites excluding steroid dienone is 4. The van der Waals surface area contributed by atoms with Gasteiger partial charge in [0.15, 0.2) is 0 Å². The number of hydrogen-bond donors (Lipinski definition) is 2. The zero-order chi connectivity index (χ0) is 22.5. The summed E-state index contributed by atoms with van der Waals surface area (Å²) in [5.41, 5.74) is 5.06. The van der Waals surface area contributed by atoms with E-state index in [1.54, 1.807) is 6.07 Å². The Kier molecular flexibility index (Phi) is 7.19. The molecule has 0 bridgehead atoms. The van der Waals surface area contributed by atoms with E-state index in [1.807, 2.05) is 6.92 Å². The van der Waals surface area contributed by atoms with Gasteiger partial charge in [0.25, 0.3) is 0 Å². The highest BCUT2D eigenvalue weighted by Crippen LogP contribution is 2.30. The molecule has 2 aliphatic carbocycles. The molecule has 2 aliphatic rings. The summed E-state index contributed by atoms with van der Waals surface area (Å²) in [6, 6.07) is 3.25. The average Bonchev–Trinajstić information content (AvgIpc) is 3.43. The lowest BCUT2D eigenvalue weighted by atomic mass is 9.84. The van der Waals surface area contributed by atoms with Crippen LogP contribution in [0.2, 0.25) is 0 Å². The van der Waals surface area contributed by atoms with Crippen LogP contribution < -0.4 is 10.7 Å². The van der Waals surface area contributed by atoms with Gasteiger partial charge in [-0.05, 0) is 73.1 Å². The molecular weight excluding hydrogens is 398 g/mol. The average molecular weight is 434 g/mol. The lowest BCUT2D eigenvalue weighted by Crippen LogP contribution is -2.19. The highest BCUT2D eigenvalue weighted by molar-refractivity contribution is 5.85. The van der Waals surface area contributed by atoms with E-state index in [9.17, 15) is 4.79 Å². The lowest BCUT2D eigenvalue weighted by molar-refractivity contribution is 0.0662. The van der Waals surface area contributed by atoms with E-state index in [-0.39, 0.29) is 5.76 Å². The Balaban J connectivity index is 1.62. The van der Waals surface area contributed by atoms with E-state index >= 15 is 0 Å². The van der Waals surface area contributed by atoms with Crippen molar-refractivity contribution >= 4 is 23.2 Å². The quantitative estimate of drug-likeness (QED) is 0.446. The van der Waals surface area contributed by atoms with Crippen LogP contribution in [0.15, 0.2) is 34.8 Å². The molecule has 1 unspecified atom stereocenters. The predicted octanol–water partition coefficient (Wildman–Crippen LogP) is 6.08. The van der Waals surface area contributed by atoms with Gasteiger partial charge in [-0.15, -0.1) is 0 Å². The van der Waals surface area contributed by atoms with E-state index in [4.69, 9.17) is 9.52 Å². The number of nitrogens with one attached hydrogen (secondary N) is 1. The molecule has 2 N–H and O–H groups in total. The topological polar surface area (TPSA) is 66.2 Å². The van der Waals surface area contributed by atoms with Gasteiger partial charge >= 0.3 is 5.97 Å². The maximum absolute atomic E-state index is 11.2. The molecule has 0 fully saturated rings. The van der Waals surface area contributed by atoms with Crippen molar-refractivity contribution in [1.82, 2.24) is 4.98 Å². The predicted molar refractivity (Wildman–Crippen MR) is 130 cm³/mol. The summed E-state index contributed by atoms with van der Waals surface area (Å²) in [6.07, 6.45) is 21.7. The molecule has 1 atom stereocenters. The monoisotopic (exact) mass is 433 g/mol. The summed E-state index contributed by atoms with van der Waals surface area (Å²) in [5, 5.41) is 11.7. The molecule has 4 heteroatoms. The molecule has 0 spiro atoms. The summed E-state index contributed by atoms with van der Waals surface area (Å²) in [4.78, 5) is 14.9. The van der Waals surface area contributed by atoms with Gasteiger partial charge in [-0.2, -0.15) is 0 Å². The number of carbonyl (C=O) groups is 1. The van der Waals surface area contributed by atoms with Crippen LogP contribution in [-0.4, -0.2) is 16.1 Å². The normalized spacial score (nSPS) is 17.8. The van der Waals surface area contributed by atoms with Gasteiger partial charge in [0.2, 0.25) is 5.76 Å². The Morgan fingerprint density at radius 2 is 1.97 bits per heavy atom. The number of unbranched alkanes of at least 4 members (excludes halogenated alkanes) is 5. The van der Waals surface area contributed by atoms with Crippen LogP contribution in [0.5, 0.6) is 0 Å². The van der Waals surface area contributed by atoms with Gasteiger partial charge in [0.1, 0.15) is 5.76 Å². The van der Waals surface area contributed by atoms with Crippen LogP contribution in [0.1, 0.15) is 105 Å². The smallest absolute Gasteiger partial charge is 0.371 e. The van der Waals surface area contributed by atoms with E-state index in [1.165, 1.54) is 79.3 Å². The van der Waals surface area contributed by atoms with E-state index < -0.39 is 5.97 Å². The molecule has 4 nitrogen and oxygen atoms in total. The van der Waals surface area contributed by atoms with Crippen molar-refractivity contribution in [3.05, 3.63) is 63.7 Å². The Labute approximate surface area is 190 Å². The Bertz CT molecular complexity index is 1140. The van der Waals surface area contributed by atoms with Gasteiger partial charge in [-0.3, -0.25) is 0 Å². The molecule has 2 aromatic heterocycles. The first kappa shape index (κ1) is 22.4. The summed E-state index contributed by atoms with van der Waals surface area (Å²) in [5.74, 6) is 0.00697. The fourth-order valence-electron chi connectivity index (χ4n) is 5.05. The summed E-state index contributed by atoms with van der Waals surface area (Å²) in [6.45, 7) is 4.24. The van der Waals surface area contributed by atoms with Crippen LogP contribution in [0.3, 0.4) is 0 Å². The number of aromatic carboxylic acids is 1. The molecule has 4 rings (SSSR count). The number of H-pyrrole nitrogens is 1. The number of hydrogen-bond acceptors (Lipinski definition) is 2. The zero-order valence-corrected chi connectivity index (χ0v) is 19.4. The largest absolute Gasteiger partial charge is 0.475 e. The van der Waals surface area contributed by atoms with Gasteiger partial charge in [-0.1, -0.05) is 63.7 Å². The summed E-state index contributed by atoms with van der Waals surface area (Å²) in [7, 11) is 0. The number of carboxylic acid groups (broad SMARTS) is 1. The maximum atomic E-state index is 11.2. The fraction of sp³-hybridized carbons (Fsp3) is 0.464. The standard InChI is InChI=1S/C28H35NO3/c1-3-4-5-6-7-8-11-20-14-15-21(18-19(2)24-16-17-25(32-24)28(30)31)27-26(20)22-12-9-10-13-23(22)29-27/h13-18,20,29H,3-12H2,1-2H3,(H,30,31). The molecule has 0 saturated heterocycles. The first-order valence-electron chi connectivity index (χ1n) is 12.2. The van der Waals surface area contributed by atoms with E-state index in [0.29, 0.717) is 11.7 Å². The SMILES string of the molecule is CCCCCCCCC1C=CC(C=C(C)c2ccc(C(=O)O)o2)=c2[nH]c3c(c21)CCCC=3. The van der Waals surface area contributed by atoms with Crippen molar-refractivity contribution in [2.24, 2.45) is 0 Å². The molecular formula is C28H35NO3. The Morgan fingerprint density at radius 3 is 2.75 bits per heavy atom. The Morgan fingerprint density at radius 1 is 1.19 bits per heavy atom. The minimum absolute atomic E-state index is 0.0263. The second kappa shape index (κ2) is 10.2. The first-order valence-corrected chi connectivity index (χ1v) is 12.2. The number of rotatable bonds is 10. The van der Waals surface area contributed by atoms with Crippen molar-refractivity contribution in [1.29, 1.82) is 0 Å². The second-order valence-electron chi connectivity index (χ2n) is 9.18. The summed E-state index contributed by atoms with van der Waals surface area (Å²) >= 11 is 0. The van der Waals surface area contributed by atoms with Crippen molar-refractivity contribution in [3.8, 4) is 0 Å². The minimum atomic E-state index is -1.04. The molecule has 0 amide bonds. The second-order valence-corrected chi connectivity index (χ2v) is 9.18. The third-order valence-corrected chi connectivity index (χ3v) is 6.77. The van der Waals surface area contributed by atoms with Gasteiger partial charge in [0, 0.05) is 16.6 Å². The number of aromatic amines is 1. The van der Waals surface area contributed by atoms with Crippen LogP contribution >= 0.6 is 0 Å². The van der Waals surface area contributed by atoms with Crippen molar-refractivity contribution in [3.63, 3.8) is 0 Å². The number of aromatic nitrogens is 1. The van der Waals surface area contributed by atoms with Crippen molar-refractivity contribution < 1.29 is 14.3 Å². The highest BCUT2D eigenvalue weighted by atomic mass is 16.4. The first-order chi connectivity index (χ1) is 15.6. The van der Waals surface area contributed by atoms with Gasteiger partial charge in [0.05, 0.1) is 0 Å².